The molecule has 1 fully saturated rings. The molecule has 164 valence electrons. The lowest BCUT2D eigenvalue weighted by molar-refractivity contribution is -0.137. The van der Waals surface area contributed by atoms with Crippen molar-refractivity contribution in [1.82, 2.24) is 14.5 Å². The first-order valence-electron chi connectivity index (χ1n) is 11.1. The molecule has 1 aromatic carbocycles. The lowest BCUT2D eigenvalue weighted by Crippen LogP contribution is -2.40. The van der Waals surface area contributed by atoms with Crippen LogP contribution in [0, 0.1) is 5.92 Å². The molecule has 6 nitrogen and oxygen atoms in total. The Morgan fingerprint density at radius 3 is 2.67 bits per heavy atom. The van der Waals surface area contributed by atoms with E-state index in [-0.39, 0.29) is 23.4 Å². The summed E-state index contributed by atoms with van der Waals surface area (Å²) < 4.78 is 1.57. The number of hydrogen-bond donors (Lipinski definition) is 1. The van der Waals surface area contributed by atoms with Gasteiger partial charge in [-0.25, -0.2) is 4.98 Å². The van der Waals surface area contributed by atoms with Crippen molar-refractivity contribution in [3.63, 3.8) is 0 Å². The van der Waals surface area contributed by atoms with Gasteiger partial charge in [0.25, 0.3) is 5.56 Å². The number of carbonyl (C=O) groups excluding carboxylic acids is 1. The zero-order valence-electron chi connectivity index (χ0n) is 18.1. The Labute approximate surface area is 183 Å². The Morgan fingerprint density at radius 2 is 1.97 bits per heavy atom. The van der Waals surface area contributed by atoms with E-state index in [1.54, 1.807) is 29.8 Å². The van der Waals surface area contributed by atoms with Gasteiger partial charge in [-0.15, -0.1) is 0 Å². The first kappa shape index (κ1) is 22.8. The van der Waals surface area contributed by atoms with E-state index in [2.05, 4.69) is 0 Å². The molecule has 1 heterocycles. The van der Waals surface area contributed by atoms with Gasteiger partial charge in [0.2, 0.25) is 5.91 Å². The fraction of sp³-hybridized carbons (Fsp3) is 0.609. The maximum atomic E-state index is 13.4. The van der Waals surface area contributed by atoms with Crippen molar-refractivity contribution in [3.05, 3.63) is 39.4 Å². The lowest BCUT2D eigenvalue weighted by atomic mass is 10.0. The van der Waals surface area contributed by atoms with Gasteiger partial charge in [0.1, 0.15) is 5.82 Å². The van der Waals surface area contributed by atoms with E-state index in [1.807, 2.05) is 11.8 Å². The summed E-state index contributed by atoms with van der Waals surface area (Å²) in [6.45, 7) is 3.35. The van der Waals surface area contributed by atoms with Crippen LogP contribution in [0.2, 0.25) is 5.02 Å². The first-order valence-corrected chi connectivity index (χ1v) is 11.5. The molecule has 3 rings (SSSR count). The van der Waals surface area contributed by atoms with Crippen LogP contribution in [-0.2, 0) is 11.8 Å². The van der Waals surface area contributed by atoms with Crippen molar-refractivity contribution in [2.24, 2.45) is 18.7 Å². The minimum absolute atomic E-state index is 0.0865. The normalized spacial score (nSPS) is 15.6. The molecular formula is C23H33ClN4O2. The van der Waals surface area contributed by atoms with E-state index in [9.17, 15) is 9.59 Å². The van der Waals surface area contributed by atoms with E-state index in [0.717, 1.165) is 51.4 Å². The molecular weight excluding hydrogens is 400 g/mol. The van der Waals surface area contributed by atoms with Gasteiger partial charge < -0.3 is 10.6 Å². The molecule has 0 bridgehead atoms. The fourth-order valence-corrected chi connectivity index (χ4v) is 4.62. The molecule has 1 aromatic heterocycles. The summed E-state index contributed by atoms with van der Waals surface area (Å²) in [6, 6.07) is 4.84. The van der Waals surface area contributed by atoms with Crippen molar-refractivity contribution in [2.45, 2.75) is 64.3 Å². The number of nitrogens with two attached hydrogens (primary N) is 1. The fourth-order valence-electron chi connectivity index (χ4n) is 4.46. The van der Waals surface area contributed by atoms with Gasteiger partial charge in [-0.05, 0) is 57.4 Å². The molecule has 1 atom stereocenters. The Hall–Kier alpha value is -1.92. The third-order valence-electron chi connectivity index (χ3n) is 6.26. The van der Waals surface area contributed by atoms with Gasteiger partial charge in [0.05, 0.1) is 16.9 Å². The number of fused-ring (bicyclic) bond motifs is 1. The number of benzene rings is 1. The predicted octanol–water partition coefficient (Wildman–Crippen LogP) is 4.19. The Bertz CT molecular complexity index is 937. The molecule has 7 heteroatoms. The zero-order valence-corrected chi connectivity index (χ0v) is 18.8. The number of amides is 1. The summed E-state index contributed by atoms with van der Waals surface area (Å²) in [5.41, 5.74) is 6.05. The van der Waals surface area contributed by atoms with Crippen molar-refractivity contribution in [3.8, 4) is 0 Å². The van der Waals surface area contributed by atoms with Gasteiger partial charge in [0, 0.05) is 24.5 Å². The molecule has 0 radical (unpaired) electrons. The molecule has 1 aliphatic rings. The topological polar surface area (TPSA) is 81.2 Å². The monoisotopic (exact) mass is 432 g/mol. The van der Waals surface area contributed by atoms with Gasteiger partial charge >= 0.3 is 0 Å². The number of rotatable bonds is 9. The Morgan fingerprint density at radius 1 is 1.27 bits per heavy atom. The maximum absolute atomic E-state index is 13.4. The highest BCUT2D eigenvalue weighted by Gasteiger charge is 2.31. The van der Waals surface area contributed by atoms with Crippen molar-refractivity contribution >= 4 is 28.4 Å². The lowest BCUT2D eigenvalue weighted by Gasteiger charge is -2.32. The number of halogens is 1. The minimum atomic E-state index is -0.284. The molecule has 0 aliphatic heterocycles. The number of carbonyl (C=O) groups is 1. The Balaban J connectivity index is 1.90. The van der Waals surface area contributed by atoms with Crippen LogP contribution in [0.4, 0.5) is 0 Å². The average Bonchev–Trinajstić information content (AvgIpc) is 3.27. The van der Waals surface area contributed by atoms with E-state index < -0.39 is 0 Å². The summed E-state index contributed by atoms with van der Waals surface area (Å²) in [5.74, 6) is 0.880. The number of unbranched alkanes of at least 4 members (excludes halogenated alkanes) is 3. The summed E-state index contributed by atoms with van der Waals surface area (Å²) >= 11 is 6.13. The quantitative estimate of drug-likeness (QED) is 0.602. The van der Waals surface area contributed by atoms with E-state index >= 15 is 0 Å². The van der Waals surface area contributed by atoms with Crippen LogP contribution in [0.5, 0.6) is 0 Å². The first-order chi connectivity index (χ1) is 14.4. The summed E-state index contributed by atoms with van der Waals surface area (Å²) in [4.78, 5) is 33.0. The van der Waals surface area contributed by atoms with Crippen LogP contribution in [0.25, 0.3) is 10.9 Å². The molecule has 2 N–H and O–H groups in total. The second kappa shape index (κ2) is 10.4. The van der Waals surface area contributed by atoms with Crippen LogP contribution in [0.1, 0.15) is 70.2 Å². The van der Waals surface area contributed by atoms with Gasteiger partial charge in [-0.2, -0.15) is 0 Å². The smallest absolute Gasteiger partial charge is 0.261 e. The number of hydrogen-bond acceptors (Lipinski definition) is 4. The molecule has 2 aromatic rings. The van der Waals surface area contributed by atoms with Gasteiger partial charge in [-0.1, -0.05) is 37.3 Å². The SMILES string of the molecule is CC(c1nc2cc(Cl)ccc2c(=O)n1C)N(CCCCCCN)C(=O)C1CCCC1. The van der Waals surface area contributed by atoms with E-state index in [4.69, 9.17) is 22.3 Å². The maximum Gasteiger partial charge on any atom is 0.261 e. The third-order valence-corrected chi connectivity index (χ3v) is 6.49. The number of nitrogens with zero attached hydrogens (tertiary/aromatic N) is 3. The van der Waals surface area contributed by atoms with Gasteiger partial charge in [-0.3, -0.25) is 14.2 Å². The van der Waals surface area contributed by atoms with Crippen LogP contribution in [0.15, 0.2) is 23.0 Å². The molecule has 0 saturated heterocycles. The largest absolute Gasteiger partial charge is 0.333 e. The average molecular weight is 433 g/mol. The summed E-state index contributed by atoms with van der Waals surface area (Å²) in [7, 11) is 1.73. The van der Waals surface area contributed by atoms with Crippen LogP contribution in [-0.4, -0.2) is 33.4 Å². The standard InChI is InChI=1S/C23H33ClN4O2/c1-16(21-26-20-15-18(24)11-12-19(20)23(30)27(21)2)28(14-8-4-3-7-13-25)22(29)17-9-5-6-10-17/h11-12,15-17H,3-10,13-14,25H2,1-2H3. The van der Waals surface area contributed by atoms with Crippen LogP contribution < -0.4 is 11.3 Å². The van der Waals surface area contributed by atoms with Crippen molar-refractivity contribution in [2.75, 3.05) is 13.1 Å². The number of aromatic nitrogens is 2. The highest BCUT2D eigenvalue weighted by Crippen LogP contribution is 2.30. The molecule has 1 amide bonds. The molecule has 30 heavy (non-hydrogen) atoms. The molecule has 0 spiro atoms. The van der Waals surface area contributed by atoms with E-state index in [1.165, 1.54) is 0 Å². The zero-order chi connectivity index (χ0) is 21.7. The highest BCUT2D eigenvalue weighted by atomic mass is 35.5. The second-order valence-corrected chi connectivity index (χ2v) is 8.82. The summed E-state index contributed by atoms with van der Waals surface area (Å²) in [6.07, 6.45) is 8.17. The highest BCUT2D eigenvalue weighted by molar-refractivity contribution is 6.31. The van der Waals surface area contributed by atoms with E-state index in [0.29, 0.717) is 34.8 Å². The molecule has 1 saturated carbocycles. The van der Waals surface area contributed by atoms with Crippen molar-refractivity contribution in [1.29, 1.82) is 0 Å². The van der Waals surface area contributed by atoms with Crippen molar-refractivity contribution < 1.29 is 4.79 Å². The minimum Gasteiger partial charge on any atom is -0.333 e. The molecule has 1 unspecified atom stereocenters. The Kier molecular flexibility index (Phi) is 7.89. The molecule has 1 aliphatic carbocycles. The van der Waals surface area contributed by atoms with Crippen LogP contribution in [0.3, 0.4) is 0 Å². The second-order valence-electron chi connectivity index (χ2n) is 8.39. The van der Waals surface area contributed by atoms with Crippen LogP contribution >= 0.6 is 11.6 Å². The van der Waals surface area contributed by atoms with Gasteiger partial charge in [0.15, 0.2) is 0 Å². The third kappa shape index (κ3) is 5.03. The predicted molar refractivity (Wildman–Crippen MR) is 122 cm³/mol. The summed E-state index contributed by atoms with van der Waals surface area (Å²) in [5, 5.41) is 1.08.